The van der Waals surface area contributed by atoms with Crippen LogP contribution in [-0.4, -0.2) is 30.3 Å². The van der Waals surface area contributed by atoms with Crippen molar-refractivity contribution in [2.24, 2.45) is 5.84 Å². The van der Waals surface area contributed by atoms with Gasteiger partial charge in [-0.05, 0) is 13.0 Å². The lowest BCUT2D eigenvalue weighted by molar-refractivity contribution is 0.171. The summed E-state index contributed by atoms with van der Waals surface area (Å²) >= 11 is 1.59. The van der Waals surface area contributed by atoms with Crippen molar-refractivity contribution in [2.45, 2.75) is 13.3 Å². The SMILES string of the molecule is COCCCOc1nc(NN)nc2sc(C)cc12. The molecule has 0 aliphatic heterocycles. The zero-order valence-electron chi connectivity index (χ0n) is 10.4. The fourth-order valence-corrected chi connectivity index (χ4v) is 2.43. The molecule has 0 fully saturated rings. The van der Waals surface area contributed by atoms with Gasteiger partial charge in [-0.2, -0.15) is 4.98 Å². The molecule has 0 spiro atoms. The van der Waals surface area contributed by atoms with Crippen molar-refractivity contribution in [3.05, 3.63) is 10.9 Å². The maximum Gasteiger partial charge on any atom is 0.241 e. The van der Waals surface area contributed by atoms with Gasteiger partial charge in [0.05, 0.1) is 12.0 Å². The molecule has 2 rings (SSSR count). The maximum atomic E-state index is 5.66. The molecule has 0 unspecified atom stereocenters. The van der Waals surface area contributed by atoms with E-state index in [2.05, 4.69) is 15.4 Å². The molecule has 98 valence electrons. The van der Waals surface area contributed by atoms with Crippen LogP contribution in [0, 0.1) is 6.92 Å². The Hall–Kier alpha value is -1.44. The predicted molar refractivity (Wildman–Crippen MR) is 72.0 cm³/mol. The highest BCUT2D eigenvalue weighted by Gasteiger charge is 2.11. The Bertz CT molecular complexity index is 529. The Morgan fingerprint density at radius 2 is 2.22 bits per heavy atom. The molecule has 0 saturated carbocycles. The van der Waals surface area contributed by atoms with Gasteiger partial charge in [-0.15, -0.1) is 11.3 Å². The second-order valence-electron chi connectivity index (χ2n) is 3.77. The van der Waals surface area contributed by atoms with E-state index >= 15 is 0 Å². The number of nitrogens with zero attached hydrogens (tertiary/aromatic N) is 2. The van der Waals surface area contributed by atoms with Gasteiger partial charge in [-0.25, -0.2) is 10.8 Å². The highest BCUT2D eigenvalue weighted by Crippen LogP contribution is 2.30. The van der Waals surface area contributed by atoms with Crippen molar-refractivity contribution in [2.75, 3.05) is 25.7 Å². The lowest BCUT2D eigenvalue weighted by Crippen LogP contribution is -2.11. The van der Waals surface area contributed by atoms with E-state index in [9.17, 15) is 0 Å². The Morgan fingerprint density at radius 1 is 1.39 bits per heavy atom. The number of aromatic nitrogens is 2. The van der Waals surface area contributed by atoms with Gasteiger partial charge < -0.3 is 9.47 Å². The molecular formula is C11H16N4O2S. The summed E-state index contributed by atoms with van der Waals surface area (Å²) in [7, 11) is 1.67. The van der Waals surface area contributed by atoms with E-state index < -0.39 is 0 Å². The van der Waals surface area contributed by atoms with E-state index in [1.54, 1.807) is 18.4 Å². The normalized spacial score (nSPS) is 10.8. The Morgan fingerprint density at radius 3 is 2.94 bits per heavy atom. The molecule has 18 heavy (non-hydrogen) atoms. The number of nitrogen functional groups attached to an aromatic ring is 1. The second kappa shape index (κ2) is 5.94. The van der Waals surface area contributed by atoms with Crippen LogP contribution >= 0.6 is 11.3 Å². The van der Waals surface area contributed by atoms with Crippen molar-refractivity contribution in [3.63, 3.8) is 0 Å². The molecule has 2 heterocycles. The number of ether oxygens (including phenoxy) is 2. The fourth-order valence-electron chi connectivity index (χ4n) is 1.56. The Kier molecular flexibility index (Phi) is 4.29. The van der Waals surface area contributed by atoms with Gasteiger partial charge in [-0.1, -0.05) is 0 Å². The van der Waals surface area contributed by atoms with Crippen molar-refractivity contribution in [1.29, 1.82) is 0 Å². The summed E-state index contributed by atoms with van der Waals surface area (Å²) in [5, 5.41) is 0.925. The molecule has 0 bridgehead atoms. The van der Waals surface area contributed by atoms with E-state index in [1.807, 2.05) is 13.0 Å². The van der Waals surface area contributed by atoms with Crippen LogP contribution < -0.4 is 16.0 Å². The van der Waals surface area contributed by atoms with Crippen LogP contribution in [-0.2, 0) is 4.74 Å². The van der Waals surface area contributed by atoms with Crippen LogP contribution in [0.15, 0.2) is 6.07 Å². The molecule has 0 amide bonds. The number of hydrogen-bond acceptors (Lipinski definition) is 7. The van der Waals surface area contributed by atoms with E-state index in [1.165, 1.54) is 0 Å². The highest BCUT2D eigenvalue weighted by atomic mass is 32.1. The first-order valence-corrected chi connectivity index (χ1v) is 6.42. The third kappa shape index (κ3) is 2.87. The van der Waals surface area contributed by atoms with Crippen LogP contribution in [0.1, 0.15) is 11.3 Å². The molecule has 2 aromatic rings. The summed E-state index contributed by atoms with van der Waals surface area (Å²) < 4.78 is 10.6. The van der Waals surface area contributed by atoms with Crippen molar-refractivity contribution in [1.82, 2.24) is 9.97 Å². The summed E-state index contributed by atoms with van der Waals surface area (Å²) in [4.78, 5) is 10.5. The minimum absolute atomic E-state index is 0.367. The smallest absolute Gasteiger partial charge is 0.241 e. The topological polar surface area (TPSA) is 82.3 Å². The van der Waals surface area contributed by atoms with Gasteiger partial charge in [0.2, 0.25) is 11.8 Å². The predicted octanol–water partition coefficient (Wildman–Crippen LogP) is 1.70. The number of nitrogens with two attached hydrogens (primary N) is 1. The Balaban J connectivity index is 2.23. The van der Waals surface area contributed by atoms with Crippen molar-refractivity contribution >= 4 is 27.5 Å². The number of methoxy groups -OCH3 is 1. The molecule has 0 atom stereocenters. The molecule has 0 aliphatic carbocycles. The number of thiophene rings is 1. The highest BCUT2D eigenvalue weighted by molar-refractivity contribution is 7.18. The van der Waals surface area contributed by atoms with Crippen LogP contribution in [0.25, 0.3) is 10.2 Å². The number of nitrogens with one attached hydrogen (secondary N) is 1. The molecule has 7 heteroatoms. The van der Waals surface area contributed by atoms with E-state index in [0.717, 1.165) is 21.5 Å². The molecule has 0 radical (unpaired) electrons. The molecule has 6 nitrogen and oxygen atoms in total. The van der Waals surface area contributed by atoms with Gasteiger partial charge in [0.15, 0.2) is 0 Å². The first-order valence-electron chi connectivity index (χ1n) is 5.61. The van der Waals surface area contributed by atoms with E-state index in [-0.39, 0.29) is 0 Å². The number of hydrazine groups is 1. The van der Waals surface area contributed by atoms with Gasteiger partial charge >= 0.3 is 0 Å². The number of fused-ring (bicyclic) bond motifs is 1. The van der Waals surface area contributed by atoms with E-state index in [0.29, 0.717) is 25.0 Å². The van der Waals surface area contributed by atoms with Crippen LogP contribution in [0.2, 0.25) is 0 Å². The zero-order chi connectivity index (χ0) is 13.0. The number of aryl methyl sites for hydroxylation is 1. The number of hydrogen-bond donors (Lipinski definition) is 2. The molecule has 0 aromatic carbocycles. The monoisotopic (exact) mass is 268 g/mol. The number of rotatable bonds is 6. The molecule has 0 aliphatic rings. The minimum atomic E-state index is 0.367. The van der Waals surface area contributed by atoms with Crippen molar-refractivity contribution < 1.29 is 9.47 Å². The average molecular weight is 268 g/mol. The van der Waals surface area contributed by atoms with Crippen LogP contribution in [0.3, 0.4) is 0 Å². The third-order valence-corrected chi connectivity index (χ3v) is 3.29. The summed E-state index contributed by atoms with van der Waals surface area (Å²) in [5.41, 5.74) is 2.45. The lowest BCUT2D eigenvalue weighted by atomic mass is 10.3. The fraction of sp³-hybridized carbons (Fsp3) is 0.455. The molecule has 3 N–H and O–H groups in total. The summed E-state index contributed by atoms with van der Waals surface area (Å²) in [6, 6.07) is 2.02. The molecular weight excluding hydrogens is 252 g/mol. The van der Waals surface area contributed by atoms with E-state index in [4.69, 9.17) is 15.3 Å². The van der Waals surface area contributed by atoms with Gasteiger partial charge in [0.25, 0.3) is 0 Å². The largest absolute Gasteiger partial charge is 0.477 e. The van der Waals surface area contributed by atoms with Gasteiger partial charge in [0, 0.05) is 25.0 Å². The summed E-state index contributed by atoms with van der Waals surface area (Å²) in [5.74, 6) is 6.28. The van der Waals surface area contributed by atoms with Crippen LogP contribution in [0.4, 0.5) is 5.95 Å². The number of anilines is 1. The first-order chi connectivity index (χ1) is 8.74. The molecule has 0 saturated heterocycles. The lowest BCUT2D eigenvalue weighted by Gasteiger charge is -2.07. The second-order valence-corrected chi connectivity index (χ2v) is 5.00. The zero-order valence-corrected chi connectivity index (χ0v) is 11.2. The van der Waals surface area contributed by atoms with Gasteiger partial charge in [0.1, 0.15) is 4.83 Å². The summed E-state index contributed by atoms with van der Waals surface area (Å²) in [6.07, 6.45) is 0.816. The average Bonchev–Trinajstić information content (AvgIpc) is 2.74. The Labute approximate surface area is 109 Å². The molecule has 2 aromatic heterocycles. The minimum Gasteiger partial charge on any atom is -0.477 e. The quantitative estimate of drug-likeness (QED) is 0.471. The standard InChI is InChI=1S/C11H16N4O2S/c1-7-6-8-9(17-5-3-4-16-2)13-11(15-12)14-10(8)18-7/h6H,3-5,12H2,1-2H3,(H,13,14,15). The van der Waals surface area contributed by atoms with Crippen LogP contribution in [0.5, 0.6) is 5.88 Å². The van der Waals surface area contributed by atoms with Crippen molar-refractivity contribution in [3.8, 4) is 5.88 Å². The maximum absolute atomic E-state index is 5.66. The first kappa shape index (κ1) is 13.0. The third-order valence-electron chi connectivity index (χ3n) is 2.34. The summed E-state index contributed by atoms with van der Waals surface area (Å²) in [6.45, 7) is 3.24. The van der Waals surface area contributed by atoms with Gasteiger partial charge in [-0.3, -0.25) is 5.43 Å².